The lowest BCUT2D eigenvalue weighted by molar-refractivity contribution is 0.125. The van der Waals surface area contributed by atoms with Gasteiger partial charge in [0.05, 0.1) is 22.3 Å². The fourth-order valence-corrected chi connectivity index (χ4v) is 4.46. The summed E-state index contributed by atoms with van der Waals surface area (Å²) in [6.07, 6.45) is 4.62. The van der Waals surface area contributed by atoms with Crippen LogP contribution in [0.5, 0.6) is 0 Å². The van der Waals surface area contributed by atoms with E-state index < -0.39 is 0 Å². The molecule has 1 atom stereocenters. The Morgan fingerprint density at radius 1 is 1.20 bits per heavy atom. The van der Waals surface area contributed by atoms with Crippen LogP contribution in [0.3, 0.4) is 0 Å². The van der Waals surface area contributed by atoms with Crippen LogP contribution in [0.4, 0.5) is 5.69 Å². The third-order valence-corrected chi connectivity index (χ3v) is 5.67. The van der Waals surface area contributed by atoms with Crippen molar-refractivity contribution < 1.29 is 4.74 Å². The molecule has 2 aromatic carbocycles. The van der Waals surface area contributed by atoms with Crippen molar-refractivity contribution in [3.05, 3.63) is 52.5 Å². The first-order chi connectivity index (χ1) is 12.2. The van der Waals surface area contributed by atoms with E-state index in [-0.39, 0.29) is 6.10 Å². The van der Waals surface area contributed by atoms with Gasteiger partial charge >= 0.3 is 0 Å². The van der Waals surface area contributed by atoms with E-state index in [1.54, 1.807) is 6.07 Å². The monoisotopic (exact) mass is 368 g/mol. The van der Waals surface area contributed by atoms with Gasteiger partial charge in [0, 0.05) is 17.0 Å². The molecule has 3 nitrogen and oxygen atoms in total. The number of anilines is 1. The van der Waals surface area contributed by atoms with Crippen molar-refractivity contribution >= 4 is 34.7 Å². The summed E-state index contributed by atoms with van der Waals surface area (Å²) in [7, 11) is 0. The van der Waals surface area contributed by atoms with Gasteiger partial charge in [-0.3, -0.25) is 0 Å². The SMILES string of the molecule is N#Cc1cccc(-c2ccc3c(c2Cl)C(C2CCCC2)OC(=S)N3)c1. The molecule has 0 spiro atoms. The number of nitriles is 1. The first kappa shape index (κ1) is 16.4. The Bertz CT molecular complexity index is 884. The van der Waals surface area contributed by atoms with E-state index in [2.05, 4.69) is 11.4 Å². The molecule has 1 unspecified atom stereocenters. The minimum atomic E-state index is -0.0992. The van der Waals surface area contributed by atoms with Gasteiger partial charge in [-0.2, -0.15) is 5.26 Å². The van der Waals surface area contributed by atoms with Crippen LogP contribution < -0.4 is 5.32 Å². The van der Waals surface area contributed by atoms with Crippen molar-refractivity contribution in [2.75, 3.05) is 5.32 Å². The average molecular weight is 369 g/mol. The zero-order valence-electron chi connectivity index (χ0n) is 13.6. The number of fused-ring (bicyclic) bond motifs is 1. The first-order valence-electron chi connectivity index (χ1n) is 8.48. The summed E-state index contributed by atoms with van der Waals surface area (Å²) in [4.78, 5) is 0. The predicted octanol–water partition coefficient (Wildman–Crippen LogP) is 5.84. The Balaban J connectivity index is 1.83. The van der Waals surface area contributed by atoms with E-state index in [9.17, 15) is 0 Å². The van der Waals surface area contributed by atoms with E-state index in [1.165, 1.54) is 12.8 Å². The molecule has 1 fully saturated rings. The van der Waals surface area contributed by atoms with E-state index in [0.717, 1.165) is 35.2 Å². The number of hydrogen-bond donors (Lipinski definition) is 1. The Labute approximate surface area is 157 Å². The molecule has 2 aromatic rings. The largest absolute Gasteiger partial charge is 0.462 e. The molecule has 4 rings (SSSR count). The predicted molar refractivity (Wildman–Crippen MR) is 104 cm³/mol. The van der Waals surface area contributed by atoms with Gasteiger partial charge in [-0.15, -0.1) is 0 Å². The van der Waals surface area contributed by atoms with Gasteiger partial charge in [0.1, 0.15) is 6.10 Å². The van der Waals surface area contributed by atoms with Crippen molar-refractivity contribution in [1.29, 1.82) is 5.26 Å². The number of thiocarbonyl (C=S) groups is 1. The molecule has 1 saturated carbocycles. The summed E-state index contributed by atoms with van der Waals surface area (Å²) in [6.45, 7) is 0. The number of rotatable bonds is 2. The molecule has 1 aliphatic heterocycles. The van der Waals surface area contributed by atoms with Gasteiger partial charge in [0.15, 0.2) is 0 Å². The minimum absolute atomic E-state index is 0.0992. The highest BCUT2D eigenvalue weighted by Gasteiger charge is 2.35. The third-order valence-electron chi connectivity index (χ3n) is 5.07. The molecular formula is C20H17ClN2OS. The number of ether oxygens (including phenoxy) is 1. The molecular weight excluding hydrogens is 352 g/mol. The minimum Gasteiger partial charge on any atom is -0.462 e. The van der Waals surface area contributed by atoms with Crippen LogP contribution in [0, 0.1) is 17.2 Å². The van der Waals surface area contributed by atoms with Gasteiger partial charge in [0.2, 0.25) is 0 Å². The van der Waals surface area contributed by atoms with Crippen molar-refractivity contribution in [2.45, 2.75) is 31.8 Å². The smallest absolute Gasteiger partial charge is 0.261 e. The van der Waals surface area contributed by atoms with Gasteiger partial charge in [0.25, 0.3) is 5.17 Å². The van der Waals surface area contributed by atoms with Crippen LogP contribution in [0.1, 0.15) is 42.9 Å². The van der Waals surface area contributed by atoms with Crippen LogP contribution in [-0.2, 0) is 4.74 Å². The molecule has 1 aliphatic carbocycles. The Kier molecular flexibility index (Phi) is 4.37. The number of benzene rings is 2. The van der Waals surface area contributed by atoms with Crippen molar-refractivity contribution in [3.63, 3.8) is 0 Å². The van der Waals surface area contributed by atoms with Crippen LogP contribution in [0.15, 0.2) is 36.4 Å². The highest BCUT2D eigenvalue weighted by Crippen LogP contribution is 2.48. The van der Waals surface area contributed by atoms with E-state index >= 15 is 0 Å². The van der Waals surface area contributed by atoms with Gasteiger partial charge in [-0.1, -0.05) is 42.6 Å². The number of nitrogens with one attached hydrogen (secondary N) is 1. The topological polar surface area (TPSA) is 45.0 Å². The number of hydrogen-bond acceptors (Lipinski definition) is 3. The standard InChI is InChI=1S/C20H17ClN2OS/c21-18-15(14-7-3-4-12(10-14)11-22)8-9-16-17(18)19(24-20(25)23-16)13-5-1-2-6-13/h3-4,7-10,13,19H,1-2,5-6H2,(H,23,25). The Morgan fingerprint density at radius 3 is 2.76 bits per heavy atom. The Morgan fingerprint density at radius 2 is 2.00 bits per heavy atom. The number of nitrogens with zero attached hydrogens (tertiary/aromatic N) is 1. The lowest BCUT2D eigenvalue weighted by Gasteiger charge is -2.33. The quantitative estimate of drug-likeness (QED) is 0.676. The second-order valence-electron chi connectivity index (χ2n) is 6.58. The fourth-order valence-electron chi connectivity index (χ4n) is 3.87. The molecule has 1 N–H and O–H groups in total. The van der Waals surface area contributed by atoms with E-state index in [4.69, 9.17) is 33.8 Å². The number of halogens is 1. The zero-order chi connectivity index (χ0) is 17.4. The van der Waals surface area contributed by atoms with Crippen molar-refractivity contribution in [2.24, 2.45) is 5.92 Å². The van der Waals surface area contributed by atoms with Crippen molar-refractivity contribution in [1.82, 2.24) is 0 Å². The van der Waals surface area contributed by atoms with E-state index in [1.807, 2.05) is 30.3 Å². The lowest BCUT2D eigenvalue weighted by atomic mass is 9.89. The van der Waals surface area contributed by atoms with Crippen molar-refractivity contribution in [3.8, 4) is 17.2 Å². The molecule has 0 bridgehead atoms. The molecule has 5 heteroatoms. The maximum Gasteiger partial charge on any atom is 0.261 e. The van der Waals surface area contributed by atoms with E-state index in [0.29, 0.717) is 21.7 Å². The van der Waals surface area contributed by atoms with Gasteiger partial charge < -0.3 is 10.1 Å². The molecule has 0 radical (unpaired) electrons. The first-order valence-corrected chi connectivity index (χ1v) is 9.26. The molecule has 0 amide bonds. The lowest BCUT2D eigenvalue weighted by Crippen LogP contribution is -2.28. The summed E-state index contributed by atoms with van der Waals surface area (Å²) in [5.74, 6) is 0.442. The molecule has 0 saturated heterocycles. The normalized spacial score (nSPS) is 19.7. The maximum atomic E-state index is 9.16. The third kappa shape index (κ3) is 2.99. The highest BCUT2D eigenvalue weighted by molar-refractivity contribution is 7.80. The zero-order valence-corrected chi connectivity index (χ0v) is 15.2. The molecule has 0 aromatic heterocycles. The maximum absolute atomic E-state index is 9.16. The Hall–Kier alpha value is -2.09. The second-order valence-corrected chi connectivity index (χ2v) is 7.33. The molecule has 25 heavy (non-hydrogen) atoms. The highest BCUT2D eigenvalue weighted by atomic mass is 35.5. The summed E-state index contributed by atoms with van der Waals surface area (Å²) in [5, 5.41) is 13.4. The van der Waals surface area contributed by atoms with Gasteiger partial charge in [-0.25, -0.2) is 0 Å². The van der Waals surface area contributed by atoms with Crippen LogP contribution in [0.25, 0.3) is 11.1 Å². The summed E-state index contributed by atoms with van der Waals surface area (Å²) in [5.41, 5.74) is 4.39. The van der Waals surface area contributed by atoms with Crippen LogP contribution in [0.2, 0.25) is 5.02 Å². The summed E-state index contributed by atoms with van der Waals surface area (Å²) < 4.78 is 6.00. The van der Waals surface area contributed by atoms with Crippen LogP contribution >= 0.6 is 23.8 Å². The van der Waals surface area contributed by atoms with Crippen LogP contribution in [-0.4, -0.2) is 5.17 Å². The van der Waals surface area contributed by atoms with Gasteiger partial charge in [-0.05, 0) is 48.8 Å². The average Bonchev–Trinajstić information content (AvgIpc) is 3.16. The summed E-state index contributed by atoms with van der Waals surface area (Å²) >= 11 is 12.1. The second kappa shape index (κ2) is 6.67. The summed E-state index contributed by atoms with van der Waals surface area (Å²) in [6, 6.07) is 13.7. The molecule has 126 valence electrons. The molecule has 1 heterocycles. The fraction of sp³-hybridized carbons (Fsp3) is 0.300. The molecule has 2 aliphatic rings.